The van der Waals surface area contributed by atoms with E-state index < -0.39 is 0 Å². The van der Waals surface area contributed by atoms with E-state index in [1.165, 1.54) is 5.56 Å². The third kappa shape index (κ3) is 2.37. The summed E-state index contributed by atoms with van der Waals surface area (Å²) in [5, 5.41) is 0. The molecule has 1 heterocycles. The maximum atomic E-state index is 5.40. The van der Waals surface area contributed by atoms with E-state index >= 15 is 0 Å². The summed E-state index contributed by atoms with van der Waals surface area (Å²) in [5.41, 5.74) is 1.24. The van der Waals surface area contributed by atoms with Crippen LogP contribution in [0.2, 0.25) is 0 Å². The Balaban J connectivity index is 2.14. The van der Waals surface area contributed by atoms with E-state index in [0.29, 0.717) is 6.61 Å². The van der Waals surface area contributed by atoms with Crippen molar-refractivity contribution in [1.82, 2.24) is 9.71 Å². The Kier molecular flexibility index (Phi) is 3.02. The summed E-state index contributed by atoms with van der Waals surface area (Å²) in [7, 11) is 0. The van der Waals surface area contributed by atoms with E-state index in [0.717, 1.165) is 12.2 Å². The molecular weight excluding hydrogens is 188 g/mol. The van der Waals surface area contributed by atoms with Gasteiger partial charge >= 0.3 is 0 Å². The average molecular weight is 202 g/mol. The molecule has 0 bridgehead atoms. The Labute approximate surface area is 89.3 Å². The van der Waals surface area contributed by atoms with Crippen molar-refractivity contribution < 1.29 is 4.84 Å². The smallest absolute Gasteiger partial charge is 0.149 e. The van der Waals surface area contributed by atoms with E-state index in [1.807, 2.05) is 31.3 Å². The van der Waals surface area contributed by atoms with Gasteiger partial charge in [0.25, 0.3) is 0 Å². The van der Waals surface area contributed by atoms with E-state index in [9.17, 15) is 0 Å². The van der Waals surface area contributed by atoms with Gasteiger partial charge in [-0.05, 0) is 12.5 Å². The zero-order valence-electron chi connectivity index (χ0n) is 8.76. The fourth-order valence-corrected chi connectivity index (χ4v) is 1.48. The predicted molar refractivity (Wildman–Crippen MR) is 58.6 cm³/mol. The van der Waals surface area contributed by atoms with Gasteiger partial charge in [-0.3, -0.25) is 0 Å². The molecule has 3 heteroatoms. The first kappa shape index (κ1) is 9.77. The Morgan fingerprint density at radius 2 is 2.07 bits per heavy atom. The molecule has 2 aromatic rings. The molecule has 0 amide bonds. The Bertz CT molecular complexity index is 409. The minimum atomic E-state index is 0.651. The summed E-state index contributed by atoms with van der Waals surface area (Å²) >= 11 is 0. The summed E-state index contributed by atoms with van der Waals surface area (Å²) in [6.07, 6.45) is 4.39. The van der Waals surface area contributed by atoms with Crippen LogP contribution in [0.3, 0.4) is 0 Å². The maximum absolute atomic E-state index is 5.40. The van der Waals surface area contributed by atoms with Crippen molar-refractivity contribution in [3.8, 4) is 0 Å². The van der Waals surface area contributed by atoms with Crippen LogP contribution in [0, 0.1) is 0 Å². The molecule has 0 spiro atoms. The van der Waals surface area contributed by atoms with E-state index in [1.54, 1.807) is 10.9 Å². The summed E-state index contributed by atoms with van der Waals surface area (Å²) < 4.78 is 1.73. The van der Waals surface area contributed by atoms with Gasteiger partial charge in [-0.2, -0.15) is 4.73 Å². The van der Waals surface area contributed by atoms with E-state index in [4.69, 9.17) is 4.84 Å². The molecule has 0 radical (unpaired) electrons. The topological polar surface area (TPSA) is 27.1 Å². The number of benzene rings is 1. The molecule has 0 saturated heterocycles. The zero-order valence-corrected chi connectivity index (χ0v) is 8.76. The summed E-state index contributed by atoms with van der Waals surface area (Å²) in [6, 6.07) is 10.3. The number of nitrogens with zero attached hydrogens (tertiary/aromatic N) is 2. The lowest BCUT2D eigenvalue weighted by molar-refractivity contribution is 0.115. The molecule has 2 rings (SSSR count). The molecule has 1 aromatic carbocycles. The molecule has 0 atom stereocenters. The number of hydrogen-bond acceptors (Lipinski definition) is 2. The molecule has 1 aromatic heterocycles. The number of imidazole rings is 1. The summed E-state index contributed by atoms with van der Waals surface area (Å²) in [5.74, 6) is 0.933. The van der Waals surface area contributed by atoms with Crippen LogP contribution in [0.4, 0.5) is 0 Å². The summed E-state index contributed by atoms with van der Waals surface area (Å²) in [4.78, 5) is 9.67. The molecule has 0 N–H and O–H groups in total. The lowest BCUT2D eigenvalue weighted by Crippen LogP contribution is -2.13. The van der Waals surface area contributed by atoms with Gasteiger partial charge in [0.1, 0.15) is 12.4 Å². The lowest BCUT2D eigenvalue weighted by atomic mass is 10.1. The van der Waals surface area contributed by atoms with Crippen LogP contribution >= 0.6 is 0 Å². The molecule has 0 unspecified atom stereocenters. The highest BCUT2D eigenvalue weighted by Crippen LogP contribution is 2.06. The van der Waals surface area contributed by atoms with Gasteiger partial charge in [0.15, 0.2) is 0 Å². The van der Waals surface area contributed by atoms with Crippen LogP contribution in [0.15, 0.2) is 42.7 Å². The quantitative estimate of drug-likeness (QED) is 0.757. The van der Waals surface area contributed by atoms with Crippen LogP contribution < -0.4 is 4.84 Å². The highest BCUT2D eigenvalue weighted by atomic mass is 16.7. The number of rotatable bonds is 4. The molecular formula is C12H14N2O. The highest BCUT2D eigenvalue weighted by Gasteiger charge is 2.03. The molecule has 15 heavy (non-hydrogen) atoms. The monoisotopic (exact) mass is 202 g/mol. The van der Waals surface area contributed by atoms with Crippen LogP contribution in [-0.2, 0) is 6.42 Å². The Morgan fingerprint density at radius 3 is 2.80 bits per heavy atom. The average Bonchev–Trinajstić information content (AvgIpc) is 2.68. The second-order valence-electron chi connectivity index (χ2n) is 3.25. The third-order valence-electron chi connectivity index (χ3n) is 2.15. The lowest BCUT2D eigenvalue weighted by Gasteiger charge is -2.07. The van der Waals surface area contributed by atoms with Crippen LogP contribution in [0.1, 0.15) is 18.3 Å². The number of hydrogen-bond donors (Lipinski definition) is 0. The van der Waals surface area contributed by atoms with Crippen LogP contribution in [0.5, 0.6) is 0 Å². The second-order valence-corrected chi connectivity index (χ2v) is 3.25. The first-order valence-corrected chi connectivity index (χ1v) is 5.09. The molecule has 3 nitrogen and oxygen atoms in total. The van der Waals surface area contributed by atoms with Crippen molar-refractivity contribution in [1.29, 1.82) is 0 Å². The largest absolute Gasteiger partial charge is 0.413 e. The van der Waals surface area contributed by atoms with Gasteiger partial charge in [-0.15, -0.1) is 0 Å². The Morgan fingerprint density at radius 1 is 1.27 bits per heavy atom. The molecule has 0 aliphatic carbocycles. The fraction of sp³-hybridized carbons (Fsp3) is 0.250. The van der Waals surface area contributed by atoms with E-state index in [2.05, 4.69) is 17.1 Å². The molecule has 0 aliphatic rings. The maximum Gasteiger partial charge on any atom is 0.149 e. The van der Waals surface area contributed by atoms with Crippen molar-refractivity contribution >= 4 is 0 Å². The highest BCUT2D eigenvalue weighted by molar-refractivity contribution is 5.18. The van der Waals surface area contributed by atoms with Gasteiger partial charge < -0.3 is 4.84 Å². The predicted octanol–water partition coefficient (Wildman–Crippen LogP) is 1.92. The second kappa shape index (κ2) is 4.64. The van der Waals surface area contributed by atoms with Crippen LogP contribution in [0.25, 0.3) is 0 Å². The molecule has 0 aliphatic heterocycles. The molecule has 0 fully saturated rings. The standard InChI is InChI=1S/C12H14N2O/c1-2-15-14-9-8-13-12(14)10-11-6-4-3-5-7-11/h3-9H,2,10H2,1H3. The van der Waals surface area contributed by atoms with E-state index in [-0.39, 0.29) is 0 Å². The molecule has 78 valence electrons. The summed E-state index contributed by atoms with van der Waals surface area (Å²) in [6.45, 7) is 2.62. The van der Waals surface area contributed by atoms with Gasteiger partial charge in [0, 0.05) is 12.6 Å². The van der Waals surface area contributed by atoms with Crippen molar-refractivity contribution in [2.45, 2.75) is 13.3 Å². The minimum Gasteiger partial charge on any atom is -0.413 e. The van der Waals surface area contributed by atoms with Gasteiger partial charge in [-0.1, -0.05) is 30.3 Å². The van der Waals surface area contributed by atoms with Crippen LogP contribution in [-0.4, -0.2) is 16.3 Å². The number of aromatic nitrogens is 2. The SMILES string of the molecule is CCOn1ccnc1Cc1ccccc1. The first-order chi connectivity index (χ1) is 7.40. The third-order valence-corrected chi connectivity index (χ3v) is 2.15. The first-order valence-electron chi connectivity index (χ1n) is 5.09. The van der Waals surface area contributed by atoms with Gasteiger partial charge in [0.2, 0.25) is 0 Å². The normalized spacial score (nSPS) is 10.2. The van der Waals surface area contributed by atoms with Gasteiger partial charge in [-0.25, -0.2) is 4.98 Å². The fourth-order valence-electron chi connectivity index (χ4n) is 1.48. The Hall–Kier alpha value is -1.77. The van der Waals surface area contributed by atoms with Crippen molar-refractivity contribution in [2.75, 3.05) is 6.61 Å². The van der Waals surface area contributed by atoms with Crippen molar-refractivity contribution in [3.63, 3.8) is 0 Å². The minimum absolute atomic E-state index is 0.651. The van der Waals surface area contributed by atoms with Crippen molar-refractivity contribution in [3.05, 3.63) is 54.1 Å². The zero-order chi connectivity index (χ0) is 10.5. The van der Waals surface area contributed by atoms with Crippen molar-refractivity contribution in [2.24, 2.45) is 0 Å². The molecule has 0 saturated carbocycles. The van der Waals surface area contributed by atoms with Gasteiger partial charge in [0.05, 0.1) is 6.20 Å².